The lowest BCUT2D eigenvalue weighted by atomic mass is 10.1. The summed E-state index contributed by atoms with van der Waals surface area (Å²) in [6.07, 6.45) is 3.99. The Morgan fingerprint density at radius 3 is 2.79 bits per heavy atom. The van der Waals surface area contributed by atoms with Gasteiger partial charge in [-0.1, -0.05) is 0 Å². The first-order valence-corrected chi connectivity index (χ1v) is 6.67. The maximum Gasteiger partial charge on any atom is 0.346 e. The van der Waals surface area contributed by atoms with Gasteiger partial charge >= 0.3 is 5.69 Å². The third-order valence-corrected chi connectivity index (χ3v) is 3.70. The van der Waals surface area contributed by atoms with E-state index in [9.17, 15) is 9.59 Å². The van der Waals surface area contributed by atoms with Gasteiger partial charge < -0.3 is 10.6 Å². The van der Waals surface area contributed by atoms with E-state index in [0.717, 1.165) is 36.8 Å². The van der Waals surface area contributed by atoms with Crippen LogP contribution in [0.15, 0.2) is 9.59 Å². The third-order valence-electron chi connectivity index (χ3n) is 3.70. The Labute approximate surface area is 111 Å². The molecule has 1 unspecified atom stereocenters. The van der Waals surface area contributed by atoms with Crippen LogP contribution in [0.2, 0.25) is 0 Å². The molecular weight excluding hydrogens is 246 g/mol. The Hall–Kier alpha value is -1.63. The van der Waals surface area contributed by atoms with Crippen molar-refractivity contribution in [3.05, 3.63) is 20.8 Å². The summed E-state index contributed by atoms with van der Waals surface area (Å²) >= 11 is 0. The molecule has 106 valence electrons. The fraction of sp³-hybridized carbons (Fsp3) is 0.750. The van der Waals surface area contributed by atoms with Gasteiger partial charge in [-0.05, 0) is 32.2 Å². The van der Waals surface area contributed by atoms with E-state index in [1.807, 2.05) is 4.90 Å². The molecule has 1 fully saturated rings. The molecule has 0 aromatic carbocycles. The zero-order chi connectivity index (χ0) is 14.0. The highest BCUT2D eigenvalue weighted by Gasteiger charge is 2.28. The molecule has 0 radical (unpaired) electrons. The zero-order valence-corrected chi connectivity index (χ0v) is 11.5. The van der Waals surface area contributed by atoms with Crippen LogP contribution in [0.4, 0.5) is 5.82 Å². The average Bonchev–Trinajstić information content (AvgIpc) is 2.86. The van der Waals surface area contributed by atoms with Gasteiger partial charge in [0.05, 0.1) is 0 Å². The first-order chi connectivity index (χ1) is 9.06. The van der Waals surface area contributed by atoms with Gasteiger partial charge in [-0.15, -0.1) is 5.10 Å². The van der Waals surface area contributed by atoms with E-state index in [1.165, 1.54) is 11.7 Å². The first kappa shape index (κ1) is 13.8. The predicted molar refractivity (Wildman–Crippen MR) is 73.4 cm³/mol. The number of aromatic nitrogens is 3. The van der Waals surface area contributed by atoms with E-state index in [-0.39, 0.29) is 5.56 Å². The minimum Gasteiger partial charge on any atom is -0.348 e. The van der Waals surface area contributed by atoms with Crippen LogP contribution < -0.4 is 21.9 Å². The summed E-state index contributed by atoms with van der Waals surface area (Å²) in [6.45, 7) is 1.47. The van der Waals surface area contributed by atoms with Crippen LogP contribution in [-0.4, -0.2) is 33.5 Å². The molecule has 1 aromatic rings. The molecule has 1 aliphatic heterocycles. The van der Waals surface area contributed by atoms with Crippen molar-refractivity contribution in [1.82, 2.24) is 14.3 Å². The Bertz CT molecular complexity index is 562. The number of rotatable bonds is 4. The van der Waals surface area contributed by atoms with Crippen molar-refractivity contribution in [2.75, 3.05) is 18.0 Å². The zero-order valence-electron chi connectivity index (χ0n) is 11.5. The molecule has 0 spiro atoms. The molecule has 1 aromatic heterocycles. The Morgan fingerprint density at radius 1 is 1.37 bits per heavy atom. The Kier molecular flexibility index (Phi) is 4.04. The molecule has 1 saturated heterocycles. The highest BCUT2D eigenvalue weighted by Crippen LogP contribution is 2.23. The molecular formula is C12H21N5O2. The molecule has 0 aliphatic carbocycles. The van der Waals surface area contributed by atoms with E-state index in [4.69, 9.17) is 5.73 Å². The minimum atomic E-state index is -0.397. The molecule has 0 bridgehead atoms. The predicted octanol–water partition coefficient (Wildman–Crippen LogP) is -0.813. The molecule has 0 amide bonds. The standard InChI is InChI=1S/C12H21N5O2/c1-15-11(18)10(14-16(2)12(15)19)17-8-4-6-9(17)5-3-7-13/h9H,3-8,13H2,1-2H3. The van der Waals surface area contributed by atoms with Gasteiger partial charge in [-0.2, -0.15) is 0 Å². The fourth-order valence-electron chi connectivity index (χ4n) is 2.63. The van der Waals surface area contributed by atoms with Gasteiger partial charge in [0.2, 0.25) is 5.82 Å². The normalized spacial score (nSPS) is 19.1. The largest absolute Gasteiger partial charge is 0.348 e. The monoisotopic (exact) mass is 267 g/mol. The Morgan fingerprint density at radius 2 is 2.11 bits per heavy atom. The molecule has 1 atom stereocenters. The number of nitrogens with zero attached hydrogens (tertiary/aromatic N) is 4. The number of nitrogens with two attached hydrogens (primary N) is 1. The third kappa shape index (κ3) is 2.56. The molecule has 7 nitrogen and oxygen atoms in total. The quantitative estimate of drug-likeness (QED) is 0.771. The second kappa shape index (κ2) is 5.56. The SMILES string of the molecule is Cn1nc(N2CCCC2CCCN)c(=O)n(C)c1=O. The van der Waals surface area contributed by atoms with Gasteiger partial charge in [0, 0.05) is 26.7 Å². The van der Waals surface area contributed by atoms with E-state index in [2.05, 4.69) is 5.10 Å². The topological polar surface area (TPSA) is 86.2 Å². The lowest BCUT2D eigenvalue weighted by Crippen LogP contribution is -2.44. The smallest absolute Gasteiger partial charge is 0.346 e. The summed E-state index contributed by atoms with van der Waals surface area (Å²) in [5, 5.41) is 4.14. The Balaban J connectivity index is 2.36. The molecule has 2 heterocycles. The van der Waals surface area contributed by atoms with Gasteiger partial charge in [0.15, 0.2) is 0 Å². The van der Waals surface area contributed by atoms with Crippen LogP contribution in [0.5, 0.6) is 0 Å². The molecule has 7 heteroatoms. The van der Waals surface area contributed by atoms with Crippen LogP contribution in [0.25, 0.3) is 0 Å². The summed E-state index contributed by atoms with van der Waals surface area (Å²) in [6, 6.07) is 0.307. The van der Waals surface area contributed by atoms with Crippen LogP contribution in [0.3, 0.4) is 0 Å². The van der Waals surface area contributed by atoms with Crippen LogP contribution in [0.1, 0.15) is 25.7 Å². The van der Waals surface area contributed by atoms with Crippen molar-refractivity contribution in [3.8, 4) is 0 Å². The first-order valence-electron chi connectivity index (χ1n) is 6.67. The molecule has 19 heavy (non-hydrogen) atoms. The van der Waals surface area contributed by atoms with Gasteiger partial charge in [0.25, 0.3) is 5.56 Å². The maximum absolute atomic E-state index is 12.2. The lowest BCUT2D eigenvalue weighted by Gasteiger charge is -2.25. The summed E-state index contributed by atoms with van der Waals surface area (Å²) < 4.78 is 2.33. The minimum absolute atomic E-state index is 0.307. The fourth-order valence-corrected chi connectivity index (χ4v) is 2.63. The van der Waals surface area contributed by atoms with E-state index in [1.54, 1.807) is 7.05 Å². The summed E-state index contributed by atoms with van der Waals surface area (Å²) in [5.74, 6) is 0.379. The second-order valence-corrected chi connectivity index (χ2v) is 5.01. The van der Waals surface area contributed by atoms with Crippen molar-refractivity contribution in [1.29, 1.82) is 0 Å². The van der Waals surface area contributed by atoms with Gasteiger partial charge in [0.1, 0.15) is 0 Å². The van der Waals surface area contributed by atoms with E-state index >= 15 is 0 Å². The van der Waals surface area contributed by atoms with Crippen LogP contribution in [-0.2, 0) is 14.1 Å². The average molecular weight is 267 g/mol. The van der Waals surface area contributed by atoms with Crippen LogP contribution in [0, 0.1) is 0 Å². The molecule has 2 N–H and O–H groups in total. The molecule has 1 aliphatic rings. The highest BCUT2D eigenvalue weighted by molar-refractivity contribution is 5.37. The van der Waals surface area contributed by atoms with E-state index in [0.29, 0.717) is 18.4 Å². The maximum atomic E-state index is 12.2. The summed E-state index contributed by atoms with van der Waals surface area (Å²) in [4.78, 5) is 25.8. The molecule has 0 saturated carbocycles. The van der Waals surface area contributed by atoms with Crippen molar-refractivity contribution in [3.63, 3.8) is 0 Å². The summed E-state index contributed by atoms with van der Waals surface area (Å²) in [5.41, 5.74) is 4.83. The second-order valence-electron chi connectivity index (χ2n) is 5.01. The van der Waals surface area contributed by atoms with Gasteiger partial charge in [-0.3, -0.25) is 9.36 Å². The van der Waals surface area contributed by atoms with Crippen molar-refractivity contribution in [2.24, 2.45) is 19.8 Å². The van der Waals surface area contributed by atoms with Crippen LogP contribution >= 0.6 is 0 Å². The molecule has 2 rings (SSSR count). The van der Waals surface area contributed by atoms with Crippen molar-refractivity contribution >= 4 is 5.82 Å². The van der Waals surface area contributed by atoms with Crippen molar-refractivity contribution < 1.29 is 0 Å². The number of anilines is 1. The highest BCUT2D eigenvalue weighted by atomic mass is 16.2. The van der Waals surface area contributed by atoms with Crippen molar-refractivity contribution in [2.45, 2.75) is 31.7 Å². The van der Waals surface area contributed by atoms with Gasteiger partial charge in [-0.25, -0.2) is 9.48 Å². The lowest BCUT2D eigenvalue weighted by molar-refractivity contribution is 0.551. The number of aryl methyl sites for hydroxylation is 1. The number of hydrogen-bond acceptors (Lipinski definition) is 5. The summed E-state index contributed by atoms with van der Waals surface area (Å²) in [7, 11) is 3.05. The number of hydrogen-bond donors (Lipinski definition) is 1. The van der Waals surface area contributed by atoms with E-state index < -0.39 is 5.69 Å².